The highest BCUT2D eigenvalue weighted by molar-refractivity contribution is 7.09. The van der Waals surface area contributed by atoms with Gasteiger partial charge in [-0.1, -0.05) is 12.1 Å². The monoisotopic (exact) mass is 306 g/mol. The van der Waals surface area contributed by atoms with Gasteiger partial charge in [-0.05, 0) is 31.5 Å². The zero-order valence-electron chi connectivity index (χ0n) is 12.2. The number of aryl methyl sites for hydroxylation is 1. The van der Waals surface area contributed by atoms with Gasteiger partial charge in [-0.25, -0.2) is 4.98 Å². The first kappa shape index (κ1) is 15.5. The highest BCUT2D eigenvalue weighted by Crippen LogP contribution is 2.22. The Balaban J connectivity index is 2.05. The number of ether oxygens (including phenoxy) is 1. The van der Waals surface area contributed by atoms with Gasteiger partial charge in [0.05, 0.1) is 13.2 Å². The van der Waals surface area contributed by atoms with Crippen LogP contribution in [0.2, 0.25) is 0 Å². The van der Waals surface area contributed by atoms with Gasteiger partial charge in [-0.2, -0.15) is 0 Å². The highest BCUT2D eigenvalue weighted by Gasteiger charge is 2.21. The molecule has 1 aromatic heterocycles. The standard InChI is InChI=1S/C15H18N2O3S/c1-9-8-21-15(16-9)10(2)17-14(19)13(18)11-5-4-6-12(7-11)20-3/h4-8,10,13,18H,1-3H3,(H,17,19). The Morgan fingerprint density at radius 3 is 2.86 bits per heavy atom. The SMILES string of the molecule is COc1cccc(C(O)C(=O)NC(C)c2nc(C)cs2)c1. The second-order valence-corrected chi connectivity index (χ2v) is 5.63. The zero-order chi connectivity index (χ0) is 15.4. The third-order valence-corrected chi connectivity index (χ3v) is 4.17. The molecule has 0 saturated carbocycles. The number of aromatic nitrogens is 1. The molecule has 2 atom stereocenters. The largest absolute Gasteiger partial charge is 0.497 e. The summed E-state index contributed by atoms with van der Waals surface area (Å²) in [5.74, 6) is 0.145. The van der Waals surface area contributed by atoms with Crippen molar-refractivity contribution in [2.24, 2.45) is 0 Å². The molecule has 21 heavy (non-hydrogen) atoms. The minimum atomic E-state index is -1.23. The molecule has 2 unspecified atom stereocenters. The summed E-state index contributed by atoms with van der Waals surface area (Å²) in [6.07, 6.45) is -1.23. The first-order chi connectivity index (χ1) is 10.0. The van der Waals surface area contributed by atoms with Crippen molar-refractivity contribution >= 4 is 17.2 Å². The maximum Gasteiger partial charge on any atom is 0.254 e. The van der Waals surface area contributed by atoms with E-state index >= 15 is 0 Å². The van der Waals surface area contributed by atoms with Gasteiger partial charge in [-0.15, -0.1) is 11.3 Å². The predicted octanol–water partition coefficient (Wildman–Crippen LogP) is 2.37. The normalized spacial score (nSPS) is 13.5. The van der Waals surface area contributed by atoms with Crippen molar-refractivity contribution in [1.29, 1.82) is 0 Å². The van der Waals surface area contributed by atoms with Gasteiger partial charge >= 0.3 is 0 Å². The van der Waals surface area contributed by atoms with Gasteiger partial charge in [0.2, 0.25) is 0 Å². The number of amides is 1. The molecule has 0 spiro atoms. The molecule has 0 aliphatic rings. The molecule has 2 rings (SSSR count). The zero-order valence-corrected chi connectivity index (χ0v) is 13.0. The minimum absolute atomic E-state index is 0.239. The summed E-state index contributed by atoms with van der Waals surface area (Å²) >= 11 is 1.49. The smallest absolute Gasteiger partial charge is 0.254 e. The van der Waals surface area contributed by atoms with Crippen LogP contribution in [0.3, 0.4) is 0 Å². The molecule has 1 heterocycles. The minimum Gasteiger partial charge on any atom is -0.497 e. The van der Waals surface area contributed by atoms with Crippen LogP contribution >= 0.6 is 11.3 Å². The van der Waals surface area contributed by atoms with E-state index in [1.54, 1.807) is 31.4 Å². The van der Waals surface area contributed by atoms with Gasteiger partial charge in [0, 0.05) is 11.1 Å². The number of hydrogen-bond donors (Lipinski definition) is 2. The van der Waals surface area contributed by atoms with Crippen LogP contribution in [0.25, 0.3) is 0 Å². The number of thiazole rings is 1. The van der Waals surface area contributed by atoms with Crippen LogP contribution in [0.15, 0.2) is 29.6 Å². The van der Waals surface area contributed by atoms with Crippen LogP contribution in [0.4, 0.5) is 0 Å². The Hall–Kier alpha value is -1.92. The molecule has 0 fully saturated rings. The van der Waals surface area contributed by atoms with Crippen molar-refractivity contribution in [2.75, 3.05) is 7.11 Å². The number of rotatable bonds is 5. The number of carbonyl (C=O) groups is 1. The number of benzene rings is 1. The Bertz CT molecular complexity index is 627. The molecule has 1 amide bonds. The summed E-state index contributed by atoms with van der Waals surface area (Å²) in [6, 6.07) is 6.58. The topological polar surface area (TPSA) is 71.5 Å². The van der Waals surface area contributed by atoms with Gasteiger partial charge in [0.15, 0.2) is 6.10 Å². The van der Waals surface area contributed by atoms with Crippen LogP contribution < -0.4 is 10.1 Å². The van der Waals surface area contributed by atoms with Gasteiger partial charge in [0.25, 0.3) is 5.91 Å². The summed E-state index contributed by atoms with van der Waals surface area (Å²) < 4.78 is 5.09. The van der Waals surface area contributed by atoms with Crippen LogP contribution in [-0.2, 0) is 4.79 Å². The second-order valence-electron chi connectivity index (χ2n) is 4.74. The van der Waals surface area contributed by atoms with Crippen LogP contribution in [-0.4, -0.2) is 23.1 Å². The Morgan fingerprint density at radius 1 is 1.48 bits per heavy atom. The molecule has 112 valence electrons. The van der Waals surface area contributed by atoms with Crippen molar-refractivity contribution in [3.63, 3.8) is 0 Å². The molecule has 1 aromatic carbocycles. The van der Waals surface area contributed by atoms with E-state index in [9.17, 15) is 9.90 Å². The molecule has 6 heteroatoms. The number of hydrogen-bond acceptors (Lipinski definition) is 5. The molecule has 5 nitrogen and oxygen atoms in total. The summed E-state index contributed by atoms with van der Waals surface area (Å²) in [5.41, 5.74) is 1.42. The molecule has 0 aliphatic carbocycles. The van der Waals surface area contributed by atoms with Crippen molar-refractivity contribution in [2.45, 2.75) is 26.0 Å². The molecule has 0 saturated heterocycles. The van der Waals surface area contributed by atoms with Crippen LogP contribution in [0, 0.1) is 6.92 Å². The predicted molar refractivity (Wildman–Crippen MR) is 81.4 cm³/mol. The van der Waals surface area contributed by atoms with E-state index in [-0.39, 0.29) is 6.04 Å². The third-order valence-electron chi connectivity index (χ3n) is 3.02. The van der Waals surface area contributed by atoms with E-state index in [0.29, 0.717) is 11.3 Å². The first-order valence-electron chi connectivity index (χ1n) is 6.55. The third kappa shape index (κ3) is 3.80. The number of aliphatic hydroxyl groups excluding tert-OH is 1. The lowest BCUT2D eigenvalue weighted by Gasteiger charge is -2.16. The van der Waals surface area contributed by atoms with Crippen molar-refractivity contribution in [3.05, 3.63) is 45.9 Å². The lowest BCUT2D eigenvalue weighted by atomic mass is 10.1. The van der Waals surface area contributed by atoms with Crippen LogP contribution in [0.1, 0.15) is 35.3 Å². The maximum atomic E-state index is 12.1. The average molecular weight is 306 g/mol. The van der Waals surface area contributed by atoms with E-state index in [1.165, 1.54) is 11.3 Å². The van der Waals surface area contributed by atoms with Crippen molar-refractivity contribution in [1.82, 2.24) is 10.3 Å². The summed E-state index contributed by atoms with van der Waals surface area (Å²) in [4.78, 5) is 16.4. The molecule has 0 bridgehead atoms. The van der Waals surface area contributed by atoms with E-state index in [4.69, 9.17) is 4.74 Å². The van der Waals surface area contributed by atoms with E-state index in [2.05, 4.69) is 10.3 Å². The van der Waals surface area contributed by atoms with E-state index in [0.717, 1.165) is 10.7 Å². The Labute approximate surface area is 127 Å². The van der Waals surface area contributed by atoms with Gasteiger partial charge in [-0.3, -0.25) is 4.79 Å². The number of aliphatic hydroxyl groups is 1. The second kappa shape index (κ2) is 6.69. The van der Waals surface area contributed by atoms with Gasteiger partial charge in [0.1, 0.15) is 10.8 Å². The lowest BCUT2D eigenvalue weighted by molar-refractivity contribution is -0.130. The fraction of sp³-hybridized carbons (Fsp3) is 0.333. The first-order valence-corrected chi connectivity index (χ1v) is 7.43. The number of nitrogens with one attached hydrogen (secondary N) is 1. The summed E-state index contributed by atoms with van der Waals surface area (Å²) in [5, 5.41) is 15.6. The molecule has 2 N–H and O–H groups in total. The Morgan fingerprint density at radius 2 is 2.24 bits per heavy atom. The van der Waals surface area contributed by atoms with Gasteiger partial charge < -0.3 is 15.2 Å². The fourth-order valence-corrected chi connectivity index (χ4v) is 2.69. The fourth-order valence-electron chi connectivity index (χ4n) is 1.89. The number of methoxy groups -OCH3 is 1. The molecule has 0 aliphatic heterocycles. The summed E-state index contributed by atoms with van der Waals surface area (Å²) in [6.45, 7) is 3.74. The highest BCUT2D eigenvalue weighted by atomic mass is 32.1. The molecule has 2 aromatic rings. The quantitative estimate of drug-likeness (QED) is 0.889. The number of carbonyl (C=O) groups excluding carboxylic acids is 1. The maximum absolute atomic E-state index is 12.1. The van der Waals surface area contributed by atoms with Crippen LogP contribution in [0.5, 0.6) is 5.75 Å². The average Bonchev–Trinajstić information content (AvgIpc) is 2.93. The van der Waals surface area contributed by atoms with Crippen molar-refractivity contribution in [3.8, 4) is 5.75 Å². The number of nitrogens with zero attached hydrogens (tertiary/aromatic N) is 1. The molecular weight excluding hydrogens is 288 g/mol. The summed E-state index contributed by atoms with van der Waals surface area (Å²) in [7, 11) is 1.54. The molecular formula is C15H18N2O3S. The van der Waals surface area contributed by atoms with E-state index < -0.39 is 12.0 Å². The van der Waals surface area contributed by atoms with Crippen molar-refractivity contribution < 1.29 is 14.6 Å². The Kier molecular flexibility index (Phi) is 4.93. The molecule has 0 radical (unpaired) electrons. The van der Waals surface area contributed by atoms with E-state index in [1.807, 2.05) is 19.2 Å². The lowest BCUT2D eigenvalue weighted by Crippen LogP contribution is -2.31.